The molecule has 0 bridgehead atoms. The Bertz CT molecular complexity index is 900. The van der Waals surface area contributed by atoms with Crippen molar-refractivity contribution in [2.75, 3.05) is 26.7 Å². The quantitative estimate of drug-likeness (QED) is 0.741. The molecule has 2 aliphatic heterocycles. The van der Waals surface area contributed by atoms with Crippen molar-refractivity contribution in [1.82, 2.24) is 9.80 Å². The number of carbonyl (C=O) groups excluding carboxylic acids is 1. The summed E-state index contributed by atoms with van der Waals surface area (Å²) in [7, 11) is 1.71. The van der Waals surface area contributed by atoms with Gasteiger partial charge in [0.05, 0.1) is 7.11 Å². The summed E-state index contributed by atoms with van der Waals surface area (Å²) < 4.78 is 5.34. The lowest BCUT2D eigenvalue weighted by Gasteiger charge is -2.53. The van der Waals surface area contributed by atoms with Crippen LogP contribution >= 0.6 is 11.6 Å². The highest BCUT2D eigenvalue weighted by atomic mass is 35.5. The molecule has 0 radical (unpaired) electrons. The van der Waals surface area contributed by atoms with E-state index in [0.717, 1.165) is 49.8 Å². The van der Waals surface area contributed by atoms with E-state index in [1.54, 1.807) is 7.11 Å². The first-order valence-electron chi connectivity index (χ1n) is 10.5. The molecule has 5 heteroatoms. The number of ether oxygens (including phenoxy) is 1. The SMILES string of the molecule is COc1cccc(CN2C[C@@H]3CN(C(=O)[C@@H]4C[C@H]4c4ccc(Cl)cc4)CC[C@H]32)c1. The number of nitrogens with zero attached hydrogens (tertiary/aromatic N) is 2. The summed E-state index contributed by atoms with van der Waals surface area (Å²) in [4.78, 5) is 17.7. The van der Waals surface area contributed by atoms with Gasteiger partial charge < -0.3 is 9.64 Å². The van der Waals surface area contributed by atoms with Crippen molar-refractivity contribution in [3.63, 3.8) is 0 Å². The van der Waals surface area contributed by atoms with Crippen molar-refractivity contribution < 1.29 is 9.53 Å². The van der Waals surface area contributed by atoms with Crippen molar-refractivity contribution in [2.24, 2.45) is 11.8 Å². The Morgan fingerprint density at radius 3 is 2.76 bits per heavy atom. The summed E-state index contributed by atoms with van der Waals surface area (Å²) in [5, 5.41) is 0.753. The monoisotopic (exact) mass is 410 g/mol. The van der Waals surface area contributed by atoms with Crippen molar-refractivity contribution >= 4 is 17.5 Å². The molecule has 0 aromatic heterocycles. The van der Waals surface area contributed by atoms with Crippen LogP contribution < -0.4 is 4.74 Å². The zero-order valence-electron chi connectivity index (χ0n) is 16.8. The van der Waals surface area contributed by atoms with E-state index in [-0.39, 0.29) is 5.92 Å². The highest BCUT2D eigenvalue weighted by molar-refractivity contribution is 6.30. The zero-order valence-corrected chi connectivity index (χ0v) is 17.5. The molecule has 0 spiro atoms. The normalized spacial score (nSPS) is 28.4. The topological polar surface area (TPSA) is 32.8 Å². The van der Waals surface area contributed by atoms with E-state index in [1.165, 1.54) is 11.1 Å². The van der Waals surface area contributed by atoms with Gasteiger partial charge >= 0.3 is 0 Å². The molecule has 0 N–H and O–H groups in total. The second kappa shape index (κ2) is 7.66. The Morgan fingerprint density at radius 2 is 2.00 bits per heavy atom. The Labute approximate surface area is 177 Å². The molecule has 4 nitrogen and oxygen atoms in total. The molecule has 2 aromatic carbocycles. The van der Waals surface area contributed by atoms with E-state index in [2.05, 4.69) is 40.1 Å². The smallest absolute Gasteiger partial charge is 0.226 e. The lowest BCUT2D eigenvalue weighted by atomic mass is 9.82. The van der Waals surface area contributed by atoms with E-state index in [4.69, 9.17) is 16.3 Å². The van der Waals surface area contributed by atoms with Gasteiger partial charge in [-0.05, 0) is 54.2 Å². The molecular weight excluding hydrogens is 384 g/mol. The molecule has 3 fully saturated rings. The number of fused-ring (bicyclic) bond motifs is 1. The van der Waals surface area contributed by atoms with E-state index in [0.29, 0.717) is 23.8 Å². The summed E-state index contributed by atoms with van der Waals surface area (Å²) in [6.45, 7) is 3.85. The van der Waals surface area contributed by atoms with E-state index >= 15 is 0 Å². The van der Waals surface area contributed by atoms with Crippen molar-refractivity contribution in [1.29, 1.82) is 0 Å². The van der Waals surface area contributed by atoms with Crippen LogP contribution in [0.2, 0.25) is 5.02 Å². The minimum absolute atomic E-state index is 0.167. The van der Waals surface area contributed by atoms with Gasteiger partial charge in [-0.2, -0.15) is 0 Å². The van der Waals surface area contributed by atoms with Crippen LogP contribution in [0.5, 0.6) is 5.75 Å². The van der Waals surface area contributed by atoms with Crippen LogP contribution in [0.25, 0.3) is 0 Å². The van der Waals surface area contributed by atoms with Gasteiger partial charge in [-0.3, -0.25) is 9.69 Å². The third kappa shape index (κ3) is 3.76. The van der Waals surface area contributed by atoms with Gasteiger partial charge in [0, 0.05) is 49.1 Å². The van der Waals surface area contributed by atoms with Gasteiger partial charge in [-0.1, -0.05) is 35.9 Å². The molecule has 2 aromatic rings. The molecule has 1 amide bonds. The Morgan fingerprint density at radius 1 is 1.17 bits per heavy atom. The number of hydrogen-bond donors (Lipinski definition) is 0. The first kappa shape index (κ1) is 19.0. The molecule has 1 saturated carbocycles. The van der Waals surface area contributed by atoms with E-state index in [1.807, 2.05) is 18.2 Å². The predicted octanol–water partition coefficient (Wildman–Crippen LogP) is 4.19. The fraction of sp³-hybridized carbons (Fsp3) is 0.458. The molecule has 5 rings (SSSR count). The Hall–Kier alpha value is -2.04. The van der Waals surface area contributed by atoms with Crippen LogP contribution in [0.15, 0.2) is 48.5 Å². The standard InChI is InChI=1S/C24H27ClN2O2/c1-29-20-4-2-3-16(11-20)13-27-15-18-14-26(10-9-23(18)27)24(28)22-12-21(22)17-5-7-19(25)8-6-17/h2-8,11,18,21-23H,9-10,12-15H2,1H3/t18-,21-,22+,23+/m0/s1. The molecule has 1 aliphatic carbocycles. The maximum atomic E-state index is 13.0. The van der Waals surface area contributed by atoms with Crippen molar-refractivity contribution in [3.8, 4) is 5.75 Å². The molecule has 2 saturated heterocycles. The summed E-state index contributed by atoms with van der Waals surface area (Å²) in [6, 6.07) is 16.9. The maximum Gasteiger partial charge on any atom is 0.226 e. The number of methoxy groups -OCH3 is 1. The second-order valence-corrected chi connectivity index (χ2v) is 9.12. The van der Waals surface area contributed by atoms with Crippen molar-refractivity contribution in [3.05, 3.63) is 64.7 Å². The lowest BCUT2D eigenvalue weighted by Crippen LogP contribution is -2.63. The van der Waals surface area contributed by atoms with Gasteiger partial charge in [0.25, 0.3) is 0 Å². The van der Waals surface area contributed by atoms with Gasteiger partial charge in [-0.25, -0.2) is 0 Å². The number of carbonyl (C=O) groups is 1. The van der Waals surface area contributed by atoms with Crippen LogP contribution in [0.3, 0.4) is 0 Å². The number of likely N-dealkylation sites (tertiary alicyclic amines) is 2. The van der Waals surface area contributed by atoms with Crippen molar-refractivity contribution in [2.45, 2.75) is 31.3 Å². The third-order valence-electron chi connectivity index (χ3n) is 6.87. The average molecular weight is 411 g/mol. The fourth-order valence-corrected chi connectivity index (χ4v) is 5.27. The fourth-order valence-electron chi connectivity index (χ4n) is 5.15. The first-order valence-corrected chi connectivity index (χ1v) is 10.9. The molecule has 0 unspecified atom stereocenters. The summed E-state index contributed by atoms with van der Waals surface area (Å²) >= 11 is 5.99. The molecule has 2 heterocycles. The van der Waals surface area contributed by atoms with Crippen LogP contribution in [0, 0.1) is 11.8 Å². The second-order valence-electron chi connectivity index (χ2n) is 8.68. The lowest BCUT2D eigenvalue weighted by molar-refractivity contribution is -0.139. The average Bonchev–Trinajstić information content (AvgIpc) is 3.53. The molecule has 152 valence electrons. The van der Waals surface area contributed by atoms with Crippen LogP contribution in [0.1, 0.15) is 29.9 Å². The molecular formula is C24H27ClN2O2. The van der Waals surface area contributed by atoms with Gasteiger partial charge in [-0.15, -0.1) is 0 Å². The highest BCUT2D eigenvalue weighted by Gasteiger charge is 2.49. The third-order valence-corrected chi connectivity index (χ3v) is 7.12. The summed E-state index contributed by atoms with van der Waals surface area (Å²) in [6.07, 6.45) is 2.06. The first-order chi connectivity index (χ1) is 14.1. The molecule has 3 aliphatic rings. The number of amides is 1. The Kier molecular flexibility index (Phi) is 5.00. The maximum absolute atomic E-state index is 13.0. The Balaban J connectivity index is 1.14. The minimum Gasteiger partial charge on any atom is -0.497 e. The van der Waals surface area contributed by atoms with Gasteiger partial charge in [0.15, 0.2) is 0 Å². The molecule has 29 heavy (non-hydrogen) atoms. The summed E-state index contributed by atoms with van der Waals surface area (Å²) in [5.74, 6) is 2.43. The zero-order chi connectivity index (χ0) is 20.0. The number of rotatable bonds is 5. The number of halogens is 1. The number of piperidine rings is 1. The largest absolute Gasteiger partial charge is 0.497 e. The van der Waals surface area contributed by atoms with Crippen LogP contribution in [-0.2, 0) is 11.3 Å². The number of benzene rings is 2. The predicted molar refractivity (Wildman–Crippen MR) is 114 cm³/mol. The number of hydrogen-bond acceptors (Lipinski definition) is 3. The van der Waals surface area contributed by atoms with Crippen LogP contribution in [-0.4, -0.2) is 48.5 Å². The highest BCUT2D eigenvalue weighted by Crippen LogP contribution is 2.49. The molecule has 4 atom stereocenters. The minimum atomic E-state index is 0.167. The van der Waals surface area contributed by atoms with Crippen LogP contribution in [0.4, 0.5) is 0 Å². The van der Waals surface area contributed by atoms with E-state index < -0.39 is 0 Å². The van der Waals surface area contributed by atoms with E-state index in [9.17, 15) is 4.79 Å². The van der Waals surface area contributed by atoms with Gasteiger partial charge in [0.1, 0.15) is 5.75 Å². The van der Waals surface area contributed by atoms with Gasteiger partial charge in [0.2, 0.25) is 5.91 Å². The summed E-state index contributed by atoms with van der Waals surface area (Å²) in [5.41, 5.74) is 2.54.